The zero-order chi connectivity index (χ0) is 22.3. The fourth-order valence-corrected chi connectivity index (χ4v) is 5.89. The first-order valence-electron chi connectivity index (χ1n) is 11.4. The van der Waals surface area contributed by atoms with E-state index in [1.54, 1.807) is 0 Å². The standard InChI is InChI=1S/C30H28O2/c1-29(2)23-17-18-30(29,27(31)19-23)20-26(21-11-5-3-6-12-21)24-15-9-10-16-25(24)28(32)22-13-7-4-8-14-22/h3-16,20,23H,17-19H2,1-2H3. The molecule has 0 saturated heterocycles. The summed E-state index contributed by atoms with van der Waals surface area (Å²) < 4.78 is 0. The lowest BCUT2D eigenvalue weighted by Crippen LogP contribution is -2.34. The molecule has 32 heavy (non-hydrogen) atoms. The Kier molecular flexibility index (Phi) is 4.97. The summed E-state index contributed by atoms with van der Waals surface area (Å²) in [7, 11) is 0. The number of carbonyl (C=O) groups excluding carboxylic acids is 2. The molecule has 0 spiro atoms. The van der Waals surface area contributed by atoms with E-state index in [1.807, 2.05) is 72.8 Å². The normalized spacial score (nSPS) is 24.0. The van der Waals surface area contributed by atoms with Crippen molar-refractivity contribution in [2.45, 2.75) is 33.1 Å². The highest BCUT2D eigenvalue weighted by Crippen LogP contribution is 2.65. The van der Waals surface area contributed by atoms with E-state index in [0.29, 0.717) is 29.2 Å². The minimum Gasteiger partial charge on any atom is -0.299 e. The molecule has 2 fully saturated rings. The molecule has 0 N–H and O–H groups in total. The Morgan fingerprint density at radius 2 is 1.38 bits per heavy atom. The number of hydrogen-bond acceptors (Lipinski definition) is 2. The van der Waals surface area contributed by atoms with Gasteiger partial charge in [-0.3, -0.25) is 9.59 Å². The van der Waals surface area contributed by atoms with Crippen molar-refractivity contribution in [3.8, 4) is 0 Å². The minimum atomic E-state index is -0.480. The van der Waals surface area contributed by atoms with Gasteiger partial charge in [0.05, 0.1) is 5.41 Å². The summed E-state index contributed by atoms with van der Waals surface area (Å²) in [6.07, 6.45) is 4.85. The van der Waals surface area contributed by atoms with Crippen molar-refractivity contribution in [3.63, 3.8) is 0 Å². The topological polar surface area (TPSA) is 34.1 Å². The van der Waals surface area contributed by atoms with Crippen LogP contribution >= 0.6 is 0 Å². The largest absolute Gasteiger partial charge is 0.299 e. The van der Waals surface area contributed by atoms with Crippen LogP contribution < -0.4 is 0 Å². The molecule has 0 aromatic heterocycles. The summed E-state index contributed by atoms with van der Waals surface area (Å²) in [5, 5.41) is 0. The molecule has 3 aromatic carbocycles. The molecule has 160 valence electrons. The van der Waals surface area contributed by atoms with Crippen LogP contribution in [-0.2, 0) is 4.79 Å². The quantitative estimate of drug-likeness (QED) is 0.428. The molecule has 2 saturated carbocycles. The lowest BCUT2D eigenvalue weighted by molar-refractivity contribution is -0.126. The van der Waals surface area contributed by atoms with Gasteiger partial charge in [-0.15, -0.1) is 0 Å². The number of benzene rings is 3. The Morgan fingerprint density at radius 3 is 1.94 bits per heavy atom. The molecule has 2 atom stereocenters. The van der Waals surface area contributed by atoms with Gasteiger partial charge in [0.1, 0.15) is 5.78 Å². The van der Waals surface area contributed by atoms with Crippen molar-refractivity contribution in [2.75, 3.05) is 0 Å². The number of carbonyl (C=O) groups is 2. The van der Waals surface area contributed by atoms with E-state index in [4.69, 9.17) is 0 Å². The van der Waals surface area contributed by atoms with Crippen LogP contribution in [0.15, 0.2) is 91.0 Å². The van der Waals surface area contributed by atoms with E-state index in [9.17, 15) is 9.59 Å². The molecular weight excluding hydrogens is 392 g/mol. The van der Waals surface area contributed by atoms with Gasteiger partial charge >= 0.3 is 0 Å². The number of fused-ring (bicyclic) bond motifs is 2. The van der Waals surface area contributed by atoms with Gasteiger partial charge in [0.25, 0.3) is 0 Å². The average Bonchev–Trinajstić information content (AvgIpc) is 3.18. The Labute approximate surface area is 190 Å². The lowest BCUT2D eigenvalue weighted by atomic mass is 9.67. The highest BCUT2D eigenvalue weighted by atomic mass is 16.1. The molecule has 2 aliphatic rings. The maximum Gasteiger partial charge on any atom is 0.193 e. The predicted octanol–water partition coefficient (Wildman–Crippen LogP) is 6.74. The summed E-state index contributed by atoms with van der Waals surface area (Å²) in [4.78, 5) is 26.8. The highest BCUT2D eigenvalue weighted by molar-refractivity contribution is 6.12. The first kappa shape index (κ1) is 20.6. The Hall–Kier alpha value is -3.26. The summed E-state index contributed by atoms with van der Waals surface area (Å²) in [6, 6.07) is 27.4. The third-order valence-corrected chi connectivity index (χ3v) is 7.96. The molecule has 2 aliphatic carbocycles. The maximum atomic E-state index is 13.5. The van der Waals surface area contributed by atoms with E-state index < -0.39 is 5.41 Å². The maximum absolute atomic E-state index is 13.5. The van der Waals surface area contributed by atoms with Crippen molar-refractivity contribution in [1.29, 1.82) is 0 Å². The van der Waals surface area contributed by atoms with Gasteiger partial charge in [0.15, 0.2) is 5.78 Å². The molecule has 2 nitrogen and oxygen atoms in total. The summed E-state index contributed by atoms with van der Waals surface area (Å²) in [6.45, 7) is 4.49. The molecular formula is C30H28O2. The van der Waals surface area contributed by atoms with Gasteiger partial charge < -0.3 is 0 Å². The van der Waals surface area contributed by atoms with Crippen LogP contribution in [0.25, 0.3) is 5.57 Å². The molecule has 3 aromatic rings. The first-order valence-corrected chi connectivity index (χ1v) is 11.4. The second kappa shape index (κ2) is 7.70. The van der Waals surface area contributed by atoms with Crippen LogP contribution in [0.2, 0.25) is 0 Å². The number of hydrogen-bond donors (Lipinski definition) is 0. The van der Waals surface area contributed by atoms with Gasteiger partial charge in [-0.05, 0) is 40.9 Å². The SMILES string of the molecule is CC1(C)C2CCC1(C=C(c1ccccc1)c1ccccc1C(=O)c1ccccc1)C(=O)C2. The number of rotatable bonds is 5. The van der Waals surface area contributed by atoms with Crippen LogP contribution in [0.4, 0.5) is 0 Å². The summed E-state index contributed by atoms with van der Waals surface area (Å²) in [5.74, 6) is 0.783. The number of allylic oxidation sites excluding steroid dienone is 1. The predicted molar refractivity (Wildman–Crippen MR) is 128 cm³/mol. The second-order valence-corrected chi connectivity index (χ2v) is 9.72. The van der Waals surface area contributed by atoms with Gasteiger partial charge in [-0.25, -0.2) is 0 Å². The molecule has 0 aliphatic heterocycles. The third-order valence-electron chi connectivity index (χ3n) is 7.96. The van der Waals surface area contributed by atoms with Crippen LogP contribution in [0.1, 0.15) is 60.2 Å². The van der Waals surface area contributed by atoms with Crippen LogP contribution in [0.5, 0.6) is 0 Å². The Morgan fingerprint density at radius 1 is 0.812 bits per heavy atom. The molecule has 5 rings (SSSR count). The number of ketones is 2. The molecule has 2 heteroatoms. The first-order chi connectivity index (χ1) is 15.4. The lowest BCUT2D eigenvalue weighted by Gasteiger charge is -2.35. The Bertz CT molecular complexity index is 1200. The van der Waals surface area contributed by atoms with E-state index >= 15 is 0 Å². The van der Waals surface area contributed by atoms with Crippen molar-refractivity contribution in [3.05, 3.63) is 113 Å². The second-order valence-electron chi connectivity index (χ2n) is 9.72. The van der Waals surface area contributed by atoms with E-state index in [0.717, 1.165) is 29.5 Å². The molecule has 0 heterocycles. The van der Waals surface area contributed by atoms with Crippen LogP contribution in [0, 0.1) is 16.7 Å². The molecule has 0 amide bonds. The molecule has 2 bridgehead atoms. The van der Waals surface area contributed by atoms with Crippen LogP contribution in [0.3, 0.4) is 0 Å². The summed E-state index contributed by atoms with van der Waals surface area (Å²) in [5.41, 5.74) is 3.69. The van der Waals surface area contributed by atoms with Crippen molar-refractivity contribution < 1.29 is 9.59 Å². The van der Waals surface area contributed by atoms with Gasteiger partial charge in [-0.2, -0.15) is 0 Å². The van der Waals surface area contributed by atoms with E-state index in [2.05, 4.69) is 32.1 Å². The summed E-state index contributed by atoms with van der Waals surface area (Å²) >= 11 is 0. The Balaban J connectivity index is 1.72. The third kappa shape index (κ3) is 3.09. The van der Waals surface area contributed by atoms with Crippen molar-refractivity contribution >= 4 is 17.1 Å². The smallest absolute Gasteiger partial charge is 0.193 e. The molecule has 0 radical (unpaired) electrons. The molecule has 2 unspecified atom stereocenters. The number of Topliss-reactive ketones (excluding diaryl/α,β-unsaturated/α-hetero) is 1. The van der Waals surface area contributed by atoms with Crippen molar-refractivity contribution in [1.82, 2.24) is 0 Å². The van der Waals surface area contributed by atoms with Crippen molar-refractivity contribution in [2.24, 2.45) is 16.7 Å². The van der Waals surface area contributed by atoms with Gasteiger partial charge in [0.2, 0.25) is 0 Å². The van der Waals surface area contributed by atoms with Crippen LogP contribution in [-0.4, -0.2) is 11.6 Å². The fraction of sp³-hybridized carbons (Fsp3) is 0.267. The zero-order valence-corrected chi connectivity index (χ0v) is 18.7. The fourth-order valence-electron chi connectivity index (χ4n) is 5.89. The zero-order valence-electron chi connectivity index (χ0n) is 18.7. The monoisotopic (exact) mass is 420 g/mol. The van der Waals surface area contributed by atoms with Gasteiger partial charge in [0, 0.05) is 17.5 Å². The van der Waals surface area contributed by atoms with Gasteiger partial charge in [-0.1, -0.05) is 105 Å². The van der Waals surface area contributed by atoms with E-state index in [1.165, 1.54) is 0 Å². The average molecular weight is 421 g/mol. The van der Waals surface area contributed by atoms with E-state index in [-0.39, 0.29) is 11.2 Å². The minimum absolute atomic E-state index is 0.00170. The highest BCUT2D eigenvalue weighted by Gasteiger charge is 2.63.